The second-order valence-corrected chi connectivity index (χ2v) is 4.60. The fourth-order valence-corrected chi connectivity index (χ4v) is 1.62. The van der Waals surface area contributed by atoms with Crippen molar-refractivity contribution >= 4 is 0 Å². The first-order valence-electron chi connectivity index (χ1n) is 6.34. The van der Waals surface area contributed by atoms with Crippen LogP contribution in [0.4, 0.5) is 0 Å². The minimum absolute atomic E-state index is 0.407. The topological polar surface area (TPSA) is 51.0 Å². The lowest BCUT2D eigenvalue weighted by molar-refractivity contribution is 0.362. The van der Waals surface area contributed by atoms with E-state index in [1.165, 1.54) is 5.56 Å². The van der Waals surface area contributed by atoms with Gasteiger partial charge in [-0.05, 0) is 12.0 Å². The van der Waals surface area contributed by atoms with Gasteiger partial charge in [0.2, 0.25) is 11.7 Å². The highest BCUT2D eigenvalue weighted by Crippen LogP contribution is 2.16. The maximum Gasteiger partial charge on any atom is 0.240 e. The van der Waals surface area contributed by atoms with Crippen molar-refractivity contribution in [2.45, 2.75) is 39.8 Å². The molecule has 0 aliphatic rings. The van der Waals surface area contributed by atoms with E-state index < -0.39 is 0 Å². The summed E-state index contributed by atoms with van der Waals surface area (Å²) in [5.74, 6) is 1.27. The second-order valence-electron chi connectivity index (χ2n) is 4.60. The van der Waals surface area contributed by atoms with E-state index in [4.69, 9.17) is 4.52 Å². The molecule has 1 aromatic carbocycles. The number of hydrogen-bond acceptors (Lipinski definition) is 4. The molecule has 0 fully saturated rings. The summed E-state index contributed by atoms with van der Waals surface area (Å²) in [5.41, 5.74) is 2.30. The van der Waals surface area contributed by atoms with Crippen LogP contribution >= 0.6 is 0 Å². The minimum atomic E-state index is 0.407. The highest BCUT2D eigenvalue weighted by molar-refractivity contribution is 5.54. The van der Waals surface area contributed by atoms with Gasteiger partial charge >= 0.3 is 0 Å². The number of rotatable bonds is 5. The number of hydrogen-bond donors (Lipinski definition) is 1. The van der Waals surface area contributed by atoms with Gasteiger partial charge in [0.05, 0.1) is 6.54 Å². The quantitative estimate of drug-likeness (QED) is 0.880. The summed E-state index contributed by atoms with van der Waals surface area (Å²) < 4.78 is 5.20. The summed E-state index contributed by atoms with van der Waals surface area (Å²) in [7, 11) is 0. The van der Waals surface area contributed by atoms with Crippen LogP contribution in [0.1, 0.15) is 32.2 Å². The lowest BCUT2D eigenvalue weighted by Crippen LogP contribution is -2.21. The Labute approximate surface area is 107 Å². The van der Waals surface area contributed by atoms with Gasteiger partial charge in [-0.25, -0.2) is 0 Å². The first-order valence-corrected chi connectivity index (χ1v) is 6.34. The molecule has 0 saturated carbocycles. The van der Waals surface area contributed by atoms with Crippen LogP contribution in [-0.2, 0) is 13.0 Å². The van der Waals surface area contributed by atoms with Crippen molar-refractivity contribution in [3.05, 3.63) is 35.7 Å². The molecule has 0 bridgehead atoms. The molecular weight excluding hydrogens is 226 g/mol. The first-order chi connectivity index (χ1) is 8.69. The zero-order valence-corrected chi connectivity index (χ0v) is 11.1. The van der Waals surface area contributed by atoms with E-state index >= 15 is 0 Å². The maximum atomic E-state index is 5.20. The number of aryl methyl sites for hydroxylation is 1. The molecule has 0 unspecified atom stereocenters. The molecule has 2 rings (SSSR count). The van der Waals surface area contributed by atoms with Gasteiger partial charge in [-0.1, -0.05) is 50.2 Å². The Kier molecular flexibility index (Phi) is 4.10. The summed E-state index contributed by atoms with van der Waals surface area (Å²) in [5, 5.41) is 7.24. The molecular formula is C14H19N3O. The lowest BCUT2D eigenvalue weighted by atomic mass is 10.1. The van der Waals surface area contributed by atoms with Crippen molar-refractivity contribution in [2.75, 3.05) is 0 Å². The van der Waals surface area contributed by atoms with Gasteiger partial charge in [0.25, 0.3) is 0 Å². The number of aromatic nitrogens is 2. The number of benzene rings is 1. The highest BCUT2D eigenvalue weighted by Gasteiger charge is 2.08. The summed E-state index contributed by atoms with van der Waals surface area (Å²) in [6, 6.07) is 8.66. The molecule has 0 amide bonds. The van der Waals surface area contributed by atoms with E-state index in [0.717, 1.165) is 12.0 Å². The van der Waals surface area contributed by atoms with E-state index in [2.05, 4.69) is 48.4 Å². The number of nitrogens with zero attached hydrogens (tertiary/aromatic N) is 2. The van der Waals surface area contributed by atoms with Gasteiger partial charge in [0.15, 0.2) is 0 Å². The molecule has 4 nitrogen and oxygen atoms in total. The van der Waals surface area contributed by atoms with Gasteiger partial charge in [-0.2, -0.15) is 4.98 Å². The van der Waals surface area contributed by atoms with E-state index in [0.29, 0.717) is 24.3 Å². The molecule has 18 heavy (non-hydrogen) atoms. The Morgan fingerprint density at radius 2 is 1.94 bits per heavy atom. The lowest BCUT2D eigenvalue weighted by Gasteiger charge is -2.02. The molecule has 0 spiro atoms. The smallest absolute Gasteiger partial charge is 0.240 e. The van der Waals surface area contributed by atoms with Gasteiger partial charge in [0.1, 0.15) is 0 Å². The van der Waals surface area contributed by atoms with Crippen molar-refractivity contribution in [1.29, 1.82) is 0 Å². The molecule has 1 aromatic heterocycles. The van der Waals surface area contributed by atoms with Gasteiger partial charge in [0, 0.05) is 11.6 Å². The molecule has 1 N–H and O–H groups in total. The minimum Gasteiger partial charge on any atom is -0.338 e. The zero-order chi connectivity index (χ0) is 13.0. The Balaban J connectivity index is 2.08. The molecule has 0 radical (unpaired) electrons. The van der Waals surface area contributed by atoms with Crippen LogP contribution in [-0.4, -0.2) is 16.2 Å². The Morgan fingerprint density at radius 1 is 1.22 bits per heavy atom. The first kappa shape index (κ1) is 12.8. The molecule has 2 aromatic rings. The average Bonchev–Trinajstić information content (AvgIpc) is 2.85. The van der Waals surface area contributed by atoms with Gasteiger partial charge in [-0.15, -0.1) is 0 Å². The Hall–Kier alpha value is -1.68. The fraction of sp³-hybridized carbons (Fsp3) is 0.429. The van der Waals surface area contributed by atoms with Crippen LogP contribution in [0.15, 0.2) is 28.8 Å². The Morgan fingerprint density at radius 3 is 2.56 bits per heavy atom. The molecule has 0 aliphatic carbocycles. The van der Waals surface area contributed by atoms with Crippen molar-refractivity contribution in [3.8, 4) is 11.4 Å². The Bertz CT molecular complexity index is 488. The summed E-state index contributed by atoms with van der Waals surface area (Å²) in [6.45, 7) is 6.91. The molecule has 4 heteroatoms. The molecule has 96 valence electrons. The third-order valence-corrected chi connectivity index (χ3v) is 2.75. The standard InChI is InChI=1S/C14H19N3O/c1-4-11-5-7-12(8-6-11)14-16-13(18-17-14)9-15-10(2)3/h5-8,10,15H,4,9H2,1-3H3. The van der Waals surface area contributed by atoms with Crippen molar-refractivity contribution in [1.82, 2.24) is 15.5 Å². The highest BCUT2D eigenvalue weighted by atomic mass is 16.5. The van der Waals surface area contributed by atoms with Crippen molar-refractivity contribution < 1.29 is 4.52 Å². The molecule has 0 aliphatic heterocycles. The maximum absolute atomic E-state index is 5.20. The monoisotopic (exact) mass is 245 g/mol. The predicted molar refractivity (Wildman–Crippen MR) is 71.1 cm³/mol. The molecule has 1 heterocycles. The van der Waals surface area contributed by atoms with E-state index in [9.17, 15) is 0 Å². The predicted octanol–water partition coefficient (Wildman–Crippen LogP) is 2.80. The fourth-order valence-electron chi connectivity index (χ4n) is 1.62. The number of nitrogens with one attached hydrogen (secondary N) is 1. The molecule has 0 atom stereocenters. The largest absolute Gasteiger partial charge is 0.338 e. The normalized spacial score (nSPS) is 11.1. The van der Waals surface area contributed by atoms with Crippen molar-refractivity contribution in [3.63, 3.8) is 0 Å². The van der Waals surface area contributed by atoms with Crippen molar-refractivity contribution in [2.24, 2.45) is 0 Å². The van der Waals surface area contributed by atoms with Gasteiger partial charge in [-0.3, -0.25) is 0 Å². The summed E-state index contributed by atoms with van der Waals surface area (Å²) >= 11 is 0. The summed E-state index contributed by atoms with van der Waals surface area (Å²) in [6.07, 6.45) is 1.04. The SMILES string of the molecule is CCc1ccc(-c2noc(CNC(C)C)n2)cc1. The average molecular weight is 245 g/mol. The van der Waals surface area contributed by atoms with Crippen LogP contribution in [0.2, 0.25) is 0 Å². The van der Waals surface area contributed by atoms with Crippen LogP contribution in [0.5, 0.6) is 0 Å². The van der Waals surface area contributed by atoms with E-state index in [1.54, 1.807) is 0 Å². The summed E-state index contributed by atoms with van der Waals surface area (Å²) in [4.78, 5) is 4.37. The van der Waals surface area contributed by atoms with E-state index in [1.807, 2.05) is 12.1 Å². The van der Waals surface area contributed by atoms with Gasteiger partial charge < -0.3 is 9.84 Å². The van der Waals surface area contributed by atoms with Crippen LogP contribution in [0.3, 0.4) is 0 Å². The third kappa shape index (κ3) is 3.17. The third-order valence-electron chi connectivity index (χ3n) is 2.75. The van der Waals surface area contributed by atoms with Crippen LogP contribution in [0.25, 0.3) is 11.4 Å². The van der Waals surface area contributed by atoms with Crippen LogP contribution in [0, 0.1) is 0 Å². The second kappa shape index (κ2) is 5.78. The van der Waals surface area contributed by atoms with E-state index in [-0.39, 0.29) is 0 Å². The molecule has 0 saturated heterocycles. The van der Waals surface area contributed by atoms with Crippen LogP contribution < -0.4 is 5.32 Å². The zero-order valence-electron chi connectivity index (χ0n) is 11.1.